The Hall–Kier alpha value is -2.54. The highest BCUT2D eigenvalue weighted by molar-refractivity contribution is 5.80. The number of nitrogens with one attached hydrogen (secondary N) is 2. The van der Waals surface area contributed by atoms with Crippen LogP contribution in [0.4, 0.5) is 5.82 Å². The lowest BCUT2D eigenvalue weighted by atomic mass is 10.2. The van der Waals surface area contributed by atoms with E-state index in [-0.39, 0.29) is 6.04 Å². The van der Waals surface area contributed by atoms with Gasteiger partial charge in [0.05, 0.1) is 12.4 Å². The van der Waals surface area contributed by atoms with Crippen molar-refractivity contribution in [2.75, 3.05) is 5.73 Å². The molecule has 3 aromatic heterocycles. The van der Waals surface area contributed by atoms with Crippen LogP contribution in [0.15, 0.2) is 30.9 Å². The summed E-state index contributed by atoms with van der Waals surface area (Å²) < 4.78 is 0. The Morgan fingerprint density at radius 3 is 2.90 bits per heavy atom. The summed E-state index contributed by atoms with van der Waals surface area (Å²) in [6.07, 6.45) is 5.10. The van der Waals surface area contributed by atoms with Gasteiger partial charge in [-0.05, 0) is 24.6 Å². The lowest BCUT2D eigenvalue weighted by molar-refractivity contribution is 0.548. The van der Waals surface area contributed by atoms with Crippen molar-refractivity contribution in [2.24, 2.45) is 0 Å². The average Bonchev–Trinajstić information content (AvgIpc) is 2.95. The molecule has 3 aromatic rings. The number of rotatable bonds is 4. The molecular formula is C13H15N7. The number of nitrogen functional groups attached to an aromatic ring is 1. The normalized spacial score (nSPS) is 12.7. The molecule has 4 N–H and O–H groups in total. The molecule has 7 nitrogen and oxygen atoms in total. The Balaban J connectivity index is 1.76. The summed E-state index contributed by atoms with van der Waals surface area (Å²) in [6, 6.07) is 3.91. The summed E-state index contributed by atoms with van der Waals surface area (Å²) in [5.74, 6) is 1.05. The first-order valence-corrected chi connectivity index (χ1v) is 6.33. The summed E-state index contributed by atoms with van der Waals surface area (Å²) in [6.45, 7) is 2.71. The second kappa shape index (κ2) is 5.22. The molecular weight excluding hydrogens is 254 g/mol. The van der Waals surface area contributed by atoms with E-state index in [2.05, 4.69) is 30.2 Å². The van der Waals surface area contributed by atoms with Gasteiger partial charge in [-0.1, -0.05) is 0 Å². The van der Waals surface area contributed by atoms with Crippen LogP contribution in [0.25, 0.3) is 11.2 Å². The molecule has 20 heavy (non-hydrogen) atoms. The van der Waals surface area contributed by atoms with Gasteiger partial charge in [-0.25, -0.2) is 15.0 Å². The standard InChI is InChI=1S/C13H15N7/c1-8(16-6-9-2-4-15-5-3-9)12-19-11(14)10-13(20-12)18-7-17-10/h2-5,7-8,16H,6H2,1H3,(H3,14,17,18,19,20). The van der Waals surface area contributed by atoms with Gasteiger partial charge < -0.3 is 16.0 Å². The van der Waals surface area contributed by atoms with Gasteiger partial charge in [-0.15, -0.1) is 0 Å². The van der Waals surface area contributed by atoms with E-state index < -0.39 is 0 Å². The fourth-order valence-electron chi connectivity index (χ4n) is 1.93. The van der Waals surface area contributed by atoms with E-state index in [1.165, 1.54) is 0 Å². The number of aromatic nitrogens is 5. The van der Waals surface area contributed by atoms with Crippen molar-refractivity contribution in [1.29, 1.82) is 0 Å². The molecule has 1 atom stereocenters. The third-order valence-electron chi connectivity index (χ3n) is 3.08. The molecule has 7 heteroatoms. The van der Waals surface area contributed by atoms with Gasteiger partial charge in [-0.2, -0.15) is 0 Å². The summed E-state index contributed by atoms with van der Waals surface area (Å²) in [5, 5.41) is 3.35. The van der Waals surface area contributed by atoms with Crippen molar-refractivity contribution in [3.63, 3.8) is 0 Å². The quantitative estimate of drug-likeness (QED) is 0.656. The summed E-state index contributed by atoms with van der Waals surface area (Å²) in [4.78, 5) is 19.7. The van der Waals surface area contributed by atoms with E-state index >= 15 is 0 Å². The number of nitrogens with two attached hydrogens (primary N) is 1. The molecule has 0 bridgehead atoms. The van der Waals surface area contributed by atoms with Crippen LogP contribution in [0.1, 0.15) is 24.4 Å². The molecule has 0 radical (unpaired) electrons. The van der Waals surface area contributed by atoms with E-state index in [0.717, 1.165) is 5.56 Å². The second-order valence-electron chi connectivity index (χ2n) is 4.53. The molecule has 0 aliphatic rings. The maximum atomic E-state index is 5.89. The average molecular weight is 269 g/mol. The zero-order valence-electron chi connectivity index (χ0n) is 11.0. The molecule has 0 fully saturated rings. The number of H-pyrrole nitrogens is 1. The molecule has 1 unspecified atom stereocenters. The van der Waals surface area contributed by atoms with Crippen molar-refractivity contribution < 1.29 is 0 Å². The third kappa shape index (κ3) is 2.43. The minimum Gasteiger partial charge on any atom is -0.382 e. The Morgan fingerprint density at radius 1 is 1.30 bits per heavy atom. The molecule has 0 aliphatic heterocycles. The van der Waals surface area contributed by atoms with Gasteiger partial charge in [0.25, 0.3) is 0 Å². The highest BCUT2D eigenvalue weighted by Crippen LogP contribution is 2.16. The monoisotopic (exact) mass is 269 g/mol. The summed E-state index contributed by atoms with van der Waals surface area (Å²) >= 11 is 0. The lowest BCUT2D eigenvalue weighted by Gasteiger charge is -2.12. The largest absolute Gasteiger partial charge is 0.382 e. The van der Waals surface area contributed by atoms with E-state index in [1.807, 2.05) is 19.1 Å². The van der Waals surface area contributed by atoms with Crippen LogP contribution < -0.4 is 11.1 Å². The first kappa shape index (κ1) is 12.5. The first-order valence-electron chi connectivity index (χ1n) is 6.33. The summed E-state index contributed by atoms with van der Waals surface area (Å²) in [7, 11) is 0. The minimum atomic E-state index is -0.0217. The number of imidazole rings is 1. The molecule has 0 aliphatic carbocycles. The zero-order chi connectivity index (χ0) is 13.9. The van der Waals surface area contributed by atoms with E-state index in [1.54, 1.807) is 18.7 Å². The number of hydrogen-bond acceptors (Lipinski definition) is 6. The van der Waals surface area contributed by atoms with Crippen molar-refractivity contribution in [3.05, 3.63) is 42.2 Å². The van der Waals surface area contributed by atoms with E-state index in [0.29, 0.717) is 29.4 Å². The smallest absolute Gasteiger partial charge is 0.183 e. The number of hydrogen-bond donors (Lipinski definition) is 3. The van der Waals surface area contributed by atoms with Crippen LogP contribution in [0, 0.1) is 0 Å². The van der Waals surface area contributed by atoms with Crippen molar-refractivity contribution in [3.8, 4) is 0 Å². The van der Waals surface area contributed by atoms with Crippen molar-refractivity contribution in [2.45, 2.75) is 19.5 Å². The first-order chi connectivity index (χ1) is 9.74. The maximum absolute atomic E-state index is 5.89. The Bertz CT molecular complexity index is 707. The van der Waals surface area contributed by atoms with Crippen LogP contribution in [0.2, 0.25) is 0 Å². The number of nitrogens with zero attached hydrogens (tertiary/aromatic N) is 4. The highest BCUT2D eigenvalue weighted by Gasteiger charge is 2.12. The molecule has 102 valence electrons. The number of aromatic amines is 1. The maximum Gasteiger partial charge on any atom is 0.183 e. The van der Waals surface area contributed by atoms with Gasteiger partial charge in [0.15, 0.2) is 11.5 Å². The van der Waals surface area contributed by atoms with E-state index in [9.17, 15) is 0 Å². The molecule has 0 spiro atoms. The van der Waals surface area contributed by atoms with Gasteiger partial charge in [0, 0.05) is 18.9 Å². The van der Waals surface area contributed by atoms with Crippen LogP contribution >= 0.6 is 0 Å². The fourth-order valence-corrected chi connectivity index (χ4v) is 1.93. The topological polar surface area (TPSA) is 105 Å². The molecule has 0 aromatic carbocycles. The Kier molecular flexibility index (Phi) is 3.26. The predicted octanol–water partition coefficient (Wildman–Crippen LogP) is 1.18. The fraction of sp³-hybridized carbons (Fsp3) is 0.231. The van der Waals surface area contributed by atoms with E-state index in [4.69, 9.17) is 5.73 Å². The molecule has 0 saturated heterocycles. The van der Waals surface area contributed by atoms with Crippen molar-refractivity contribution >= 4 is 17.0 Å². The molecule has 3 heterocycles. The van der Waals surface area contributed by atoms with Crippen LogP contribution in [0.5, 0.6) is 0 Å². The van der Waals surface area contributed by atoms with Gasteiger partial charge in [-0.3, -0.25) is 4.98 Å². The van der Waals surface area contributed by atoms with Crippen LogP contribution in [0.3, 0.4) is 0 Å². The number of fused-ring (bicyclic) bond motifs is 1. The van der Waals surface area contributed by atoms with Crippen LogP contribution in [-0.4, -0.2) is 24.9 Å². The predicted molar refractivity (Wildman–Crippen MR) is 75.6 cm³/mol. The molecule has 0 amide bonds. The molecule has 0 saturated carbocycles. The zero-order valence-corrected chi connectivity index (χ0v) is 11.0. The lowest BCUT2D eigenvalue weighted by Crippen LogP contribution is -2.20. The highest BCUT2D eigenvalue weighted by atomic mass is 15.1. The Morgan fingerprint density at radius 2 is 2.10 bits per heavy atom. The molecule has 3 rings (SSSR count). The summed E-state index contributed by atoms with van der Waals surface area (Å²) in [5.41, 5.74) is 8.31. The van der Waals surface area contributed by atoms with Crippen molar-refractivity contribution in [1.82, 2.24) is 30.2 Å². The van der Waals surface area contributed by atoms with Gasteiger partial charge >= 0.3 is 0 Å². The number of pyridine rings is 1. The number of anilines is 1. The SMILES string of the molecule is CC(NCc1ccncc1)c1nc(N)c2[nH]cnc2n1. The van der Waals surface area contributed by atoms with Gasteiger partial charge in [0.1, 0.15) is 11.3 Å². The minimum absolute atomic E-state index is 0.0217. The van der Waals surface area contributed by atoms with Gasteiger partial charge in [0.2, 0.25) is 0 Å². The second-order valence-corrected chi connectivity index (χ2v) is 4.53. The Labute approximate surface area is 115 Å². The van der Waals surface area contributed by atoms with Crippen LogP contribution in [-0.2, 0) is 6.54 Å². The third-order valence-corrected chi connectivity index (χ3v) is 3.08.